The van der Waals surface area contributed by atoms with Crippen LogP contribution < -0.4 is 4.72 Å². The number of ether oxygens (including phenoxy) is 1. The lowest BCUT2D eigenvalue weighted by Gasteiger charge is -2.18. The van der Waals surface area contributed by atoms with E-state index in [1.807, 2.05) is 0 Å². The van der Waals surface area contributed by atoms with Gasteiger partial charge in [0.1, 0.15) is 0 Å². The number of nitrogens with one attached hydrogen (secondary N) is 1. The highest BCUT2D eigenvalue weighted by Crippen LogP contribution is 2.35. The first-order valence-electron chi connectivity index (χ1n) is 5.81. The summed E-state index contributed by atoms with van der Waals surface area (Å²) >= 11 is 0. The molecule has 7 heteroatoms. The van der Waals surface area contributed by atoms with Crippen LogP contribution in [0.3, 0.4) is 0 Å². The molecule has 0 radical (unpaired) electrons. The van der Waals surface area contributed by atoms with Gasteiger partial charge in [-0.2, -0.15) is 0 Å². The average molecular weight is 271 g/mol. The van der Waals surface area contributed by atoms with Crippen molar-refractivity contribution in [2.45, 2.75) is 42.6 Å². The molecule has 18 heavy (non-hydrogen) atoms. The summed E-state index contributed by atoms with van der Waals surface area (Å²) in [6.07, 6.45) is 3.19. The van der Waals surface area contributed by atoms with Crippen LogP contribution in [0, 0.1) is 0 Å². The summed E-state index contributed by atoms with van der Waals surface area (Å²) in [5, 5.41) is -0.229. The second kappa shape index (κ2) is 4.18. The minimum atomic E-state index is -3.71. The van der Waals surface area contributed by atoms with Crippen molar-refractivity contribution in [1.29, 1.82) is 0 Å². The summed E-state index contributed by atoms with van der Waals surface area (Å²) in [6, 6.07) is 2.41. The fourth-order valence-electron chi connectivity index (χ4n) is 2.56. The van der Waals surface area contributed by atoms with Crippen LogP contribution in [0.25, 0.3) is 0 Å². The summed E-state index contributed by atoms with van der Waals surface area (Å²) in [5.41, 5.74) is 0. The van der Waals surface area contributed by atoms with Gasteiger partial charge in [0.2, 0.25) is 5.09 Å². The molecule has 3 atom stereocenters. The molecule has 2 bridgehead atoms. The van der Waals surface area contributed by atoms with Crippen molar-refractivity contribution in [3.63, 3.8) is 0 Å². The van der Waals surface area contributed by atoms with Gasteiger partial charge in [-0.05, 0) is 31.4 Å². The second-order valence-electron chi connectivity index (χ2n) is 4.61. The summed E-state index contributed by atoms with van der Waals surface area (Å²) in [6.45, 7) is 0. The van der Waals surface area contributed by atoms with Gasteiger partial charge >= 0.3 is 0 Å². The van der Waals surface area contributed by atoms with Gasteiger partial charge in [-0.15, -0.1) is 0 Å². The Bertz CT molecular complexity index is 564. The number of aldehydes is 1. The third kappa shape index (κ3) is 1.98. The molecule has 0 spiro atoms. The predicted octanol–water partition coefficient (Wildman–Crippen LogP) is 0.690. The van der Waals surface area contributed by atoms with Crippen molar-refractivity contribution < 1.29 is 22.4 Å². The maximum absolute atomic E-state index is 12.0. The SMILES string of the molecule is O=Cc1ccc(S(=O)(=O)NC2CC3CCC2O3)o1. The van der Waals surface area contributed by atoms with Crippen LogP contribution in [0.2, 0.25) is 0 Å². The Morgan fingerprint density at radius 2 is 2.17 bits per heavy atom. The van der Waals surface area contributed by atoms with Gasteiger partial charge in [0, 0.05) is 0 Å². The van der Waals surface area contributed by atoms with Crippen LogP contribution in [0.5, 0.6) is 0 Å². The maximum Gasteiger partial charge on any atom is 0.274 e. The van der Waals surface area contributed by atoms with Gasteiger partial charge < -0.3 is 9.15 Å². The van der Waals surface area contributed by atoms with Crippen LogP contribution in [0.1, 0.15) is 29.8 Å². The van der Waals surface area contributed by atoms with Crippen molar-refractivity contribution in [1.82, 2.24) is 4.72 Å². The minimum absolute atomic E-state index is 0.000400. The molecule has 2 fully saturated rings. The van der Waals surface area contributed by atoms with Gasteiger partial charge in [-0.1, -0.05) is 0 Å². The fraction of sp³-hybridized carbons (Fsp3) is 0.545. The zero-order chi connectivity index (χ0) is 12.8. The molecular weight excluding hydrogens is 258 g/mol. The van der Waals surface area contributed by atoms with E-state index in [0.717, 1.165) is 12.8 Å². The molecule has 3 unspecified atom stereocenters. The highest BCUT2D eigenvalue weighted by Gasteiger charge is 2.42. The van der Waals surface area contributed by atoms with Crippen LogP contribution >= 0.6 is 0 Å². The van der Waals surface area contributed by atoms with Crippen molar-refractivity contribution in [3.05, 3.63) is 17.9 Å². The zero-order valence-corrected chi connectivity index (χ0v) is 10.4. The number of carbonyl (C=O) groups is 1. The zero-order valence-electron chi connectivity index (χ0n) is 9.53. The predicted molar refractivity (Wildman–Crippen MR) is 60.7 cm³/mol. The van der Waals surface area contributed by atoms with Gasteiger partial charge in [-0.25, -0.2) is 13.1 Å². The first kappa shape index (κ1) is 11.9. The smallest absolute Gasteiger partial charge is 0.274 e. The fourth-order valence-corrected chi connectivity index (χ4v) is 3.78. The number of rotatable bonds is 4. The van der Waals surface area contributed by atoms with Crippen LogP contribution in [0.4, 0.5) is 0 Å². The van der Waals surface area contributed by atoms with Crippen molar-refractivity contribution in [3.8, 4) is 0 Å². The molecule has 0 aromatic carbocycles. The first-order chi connectivity index (χ1) is 8.58. The molecule has 98 valence electrons. The Balaban J connectivity index is 1.76. The Hall–Kier alpha value is -1.18. The summed E-state index contributed by atoms with van der Waals surface area (Å²) in [7, 11) is -3.71. The molecule has 3 rings (SSSR count). The number of hydrogen-bond acceptors (Lipinski definition) is 5. The first-order valence-corrected chi connectivity index (χ1v) is 7.29. The molecule has 1 N–H and O–H groups in total. The lowest BCUT2D eigenvalue weighted by molar-refractivity contribution is 0.0995. The van der Waals surface area contributed by atoms with E-state index in [2.05, 4.69) is 4.72 Å². The molecule has 2 saturated heterocycles. The number of carbonyl (C=O) groups excluding carboxylic acids is 1. The number of hydrogen-bond donors (Lipinski definition) is 1. The Labute approximate surface area is 104 Å². The summed E-state index contributed by atoms with van der Waals surface area (Å²) in [4.78, 5) is 10.5. The van der Waals surface area contributed by atoms with Crippen LogP contribution in [-0.4, -0.2) is 33.0 Å². The molecule has 1 aromatic heterocycles. The summed E-state index contributed by atoms with van der Waals surface area (Å²) < 4.78 is 37.1. The largest absolute Gasteiger partial charge is 0.440 e. The Morgan fingerprint density at radius 1 is 1.33 bits per heavy atom. The number of furan rings is 1. The van der Waals surface area contributed by atoms with Gasteiger partial charge in [-0.3, -0.25) is 4.79 Å². The highest BCUT2D eigenvalue weighted by molar-refractivity contribution is 7.89. The number of sulfonamides is 1. The molecule has 2 aliphatic rings. The molecule has 3 heterocycles. The molecular formula is C11H13NO5S. The Kier molecular flexibility index (Phi) is 2.76. The van der Waals surface area contributed by atoms with E-state index < -0.39 is 10.0 Å². The van der Waals surface area contributed by atoms with Gasteiger partial charge in [0.05, 0.1) is 18.2 Å². The van der Waals surface area contributed by atoms with E-state index in [4.69, 9.17) is 9.15 Å². The normalized spacial score (nSPS) is 30.8. The number of fused-ring (bicyclic) bond motifs is 2. The molecule has 1 aromatic rings. The van der Waals surface area contributed by atoms with Crippen LogP contribution in [-0.2, 0) is 14.8 Å². The van der Waals surface area contributed by atoms with E-state index in [-0.39, 0.29) is 29.1 Å². The highest BCUT2D eigenvalue weighted by atomic mass is 32.2. The molecule has 2 aliphatic heterocycles. The van der Waals surface area contributed by atoms with Gasteiger partial charge in [0.15, 0.2) is 12.0 Å². The van der Waals surface area contributed by atoms with E-state index in [9.17, 15) is 13.2 Å². The lowest BCUT2D eigenvalue weighted by atomic mass is 9.96. The van der Waals surface area contributed by atoms with E-state index in [0.29, 0.717) is 12.7 Å². The van der Waals surface area contributed by atoms with Crippen LogP contribution in [0.15, 0.2) is 21.6 Å². The average Bonchev–Trinajstić information content (AvgIpc) is 3.04. The molecule has 0 amide bonds. The topological polar surface area (TPSA) is 85.6 Å². The quantitative estimate of drug-likeness (QED) is 0.814. The maximum atomic E-state index is 12.0. The third-order valence-corrected chi connectivity index (χ3v) is 4.76. The molecule has 0 saturated carbocycles. The molecule has 6 nitrogen and oxygen atoms in total. The Morgan fingerprint density at radius 3 is 2.72 bits per heavy atom. The van der Waals surface area contributed by atoms with Gasteiger partial charge in [0.25, 0.3) is 10.0 Å². The minimum Gasteiger partial charge on any atom is -0.440 e. The standard InChI is InChI=1S/C11H13NO5S/c13-6-8-2-4-11(17-8)18(14,15)12-9-5-7-1-3-10(9)16-7/h2,4,6-7,9-10,12H,1,3,5H2. The lowest BCUT2D eigenvalue weighted by Crippen LogP contribution is -2.41. The van der Waals surface area contributed by atoms with Crippen molar-refractivity contribution in [2.24, 2.45) is 0 Å². The van der Waals surface area contributed by atoms with Crippen molar-refractivity contribution >= 4 is 16.3 Å². The third-order valence-electron chi connectivity index (χ3n) is 3.40. The van der Waals surface area contributed by atoms with E-state index in [1.54, 1.807) is 0 Å². The molecule has 0 aliphatic carbocycles. The van der Waals surface area contributed by atoms with E-state index in [1.165, 1.54) is 12.1 Å². The second-order valence-corrected chi connectivity index (χ2v) is 6.26. The van der Waals surface area contributed by atoms with E-state index >= 15 is 0 Å². The monoisotopic (exact) mass is 271 g/mol. The van der Waals surface area contributed by atoms with Crippen molar-refractivity contribution in [2.75, 3.05) is 0 Å². The summed E-state index contributed by atoms with van der Waals surface area (Å²) in [5.74, 6) is -0.000400.